The third-order valence-corrected chi connectivity index (χ3v) is 3.21. The van der Waals surface area contributed by atoms with Gasteiger partial charge in [0.05, 0.1) is 18.6 Å². The van der Waals surface area contributed by atoms with Crippen LogP contribution in [0, 0.1) is 0 Å². The number of aromatic nitrogens is 4. The predicted molar refractivity (Wildman–Crippen MR) is 72.6 cm³/mol. The molecular formula is C11H14N6O4. The number of H-pyrrole nitrogens is 1. The number of ether oxygens (including phenoxy) is 1. The van der Waals surface area contributed by atoms with Crippen LogP contribution < -0.4 is 11.3 Å². The zero-order chi connectivity index (χ0) is 15.0. The predicted octanol–water partition coefficient (Wildman–Crippen LogP) is -1.02. The smallest absolute Gasteiger partial charge is 0.280 e. The Hall–Kier alpha value is -2.46. The minimum Gasteiger partial charge on any atom is -0.399 e. The van der Waals surface area contributed by atoms with E-state index in [0.717, 1.165) is 0 Å². The minimum atomic E-state index is -0.563. The van der Waals surface area contributed by atoms with E-state index in [2.05, 4.69) is 20.1 Å². The summed E-state index contributed by atoms with van der Waals surface area (Å²) in [5, 5.41) is 13.1. The first-order valence-electron chi connectivity index (χ1n) is 6.22. The lowest BCUT2D eigenvalue weighted by molar-refractivity contribution is -0.0109. The number of hydrogen-bond acceptors (Lipinski definition) is 8. The van der Waals surface area contributed by atoms with Crippen LogP contribution in [-0.4, -0.2) is 50.2 Å². The number of aliphatic hydroxyl groups is 1. The second-order valence-corrected chi connectivity index (χ2v) is 4.51. The minimum absolute atomic E-state index is 0.00302. The molecule has 0 radical (unpaired) electrons. The van der Waals surface area contributed by atoms with E-state index in [1.165, 1.54) is 13.4 Å². The number of aliphatic hydroxyl groups excluding tert-OH is 1. The number of nitrogen functional groups attached to an aromatic ring is 1. The molecule has 0 bridgehead atoms. The Kier molecular flexibility index (Phi) is 3.31. The third kappa shape index (κ3) is 2.23. The van der Waals surface area contributed by atoms with E-state index in [1.807, 2.05) is 0 Å². The van der Waals surface area contributed by atoms with Gasteiger partial charge in [0.1, 0.15) is 19.4 Å². The maximum Gasteiger partial charge on any atom is 0.280 e. The average Bonchev–Trinajstić information content (AvgIpc) is 3.02. The molecule has 1 fully saturated rings. The SMILES string of the molecule is CO/N=C1\C[C@H](n2cnc3c(=O)[nH]c(N)nc32)O[C@@H]1CO. The van der Waals surface area contributed by atoms with Crippen molar-refractivity contribution in [2.75, 3.05) is 19.5 Å². The van der Waals surface area contributed by atoms with Crippen LogP contribution in [-0.2, 0) is 9.57 Å². The summed E-state index contributed by atoms with van der Waals surface area (Å²) in [4.78, 5) is 26.9. The fraction of sp³-hybridized carbons (Fsp3) is 0.455. The molecule has 0 amide bonds. The molecule has 10 nitrogen and oxygen atoms in total. The first kappa shape index (κ1) is 13.5. The number of oxime groups is 1. The highest BCUT2D eigenvalue weighted by atomic mass is 16.6. The van der Waals surface area contributed by atoms with Gasteiger partial charge in [-0.15, -0.1) is 0 Å². The molecule has 21 heavy (non-hydrogen) atoms. The number of hydrogen-bond donors (Lipinski definition) is 3. The normalized spacial score (nSPS) is 24.0. The quantitative estimate of drug-likeness (QED) is 0.615. The average molecular weight is 294 g/mol. The Morgan fingerprint density at radius 1 is 1.71 bits per heavy atom. The summed E-state index contributed by atoms with van der Waals surface area (Å²) in [7, 11) is 1.42. The summed E-state index contributed by atoms with van der Waals surface area (Å²) in [6.07, 6.45) is 0.779. The Morgan fingerprint density at radius 3 is 3.24 bits per heavy atom. The van der Waals surface area contributed by atoms with Crippen molar-refractivity contribution in [2.45, 2.75) is 18.8 Å². The molecule has 0 spiro atoms. The molecule has 3 rings (SSSR count). The summed E-state index contributed by atoms with van der Waals surface area (Å²) in [5.74, 6) is -0.00302. The molecule has 2 aromatic rings. The van der Waals surface area contributed by atoms with E-state index in [9.17, 15) is 9.90 Å². The largest absolute Gasteiger partial charge is 0.399 e. The molecule has 1 aliphatic rings. The molecule has 10 heteroatoms. The molecule has 0 unspecified atom stereocenters. The highest BCUT2D eigenvalue weighted by molar-refractivity contribution is 5.90. The van der Waals surface area contributed by atoms with Gasteiger partial charge in [-0.05, 0) is 0 Å². The van der Waals surface area contributed by atoms with Crippen LogP contribution >= 0.6 is 0 Å². The molecular weight excluding hydrogens is 280 g/mol. The molecule has 0 aromatic carbocycles. The Morgan fingerprint density at radius 2 is 2.52 bits per heavy atom. The maximum atomic E-state index is 11.7. The monoisotopic (exact) mass is 294 g/mol. The van der Waals surface area contributed by atoms with Crippen molar-refractivity contribution in [2.24, 2.45) is 5.16 Å². The van der Waals surface area contributed by atoms with Crippen LogP contribution in [0.4, 0.5) is 5.95 Å². The Balaban J connectivity index is 2.02. The third-order valence-electron chi connectivity index (χ3n) is 3.21. The number of imidazole rings is 1. The molecule has 3 heterocycles. The topological polar surface area (TPSA) is 141 Å². The van der Waals surface area contributed by atoms with Gasteiger partial charge in [-0.2, -0.15) is 4.98 Å². The number of rotatable bonds is 3. The lowest BCUT2D eigenvalue weighted by atomic mass is 10.2. The molecule has 2 aromatic heterocycles. The van der Waals surface area contributed by atoms with Crippen LogP contribution in [0.1, 0.15) is 12.6 Å². The van der Waals surface area contributed by atoms with Crippen molar-refractivity contribution in [3.8, 4) is 0 Å². The van der Waals surface area contributed by atoms with Crippen LogP contribution in [0.15, 0.2) is 16.3 Å². The van der Waals surface area contributed by atoms with E-state index in [0.29, 0.717) is 17.8 Å². The van der Waals surface area contributed by atoms with Crippen molar-refractivity contribution in [3.05, 3.63) is 16.7 Å². The number of nitrogens with one attached hydrogen (secondary N) is 1. The molecule has 2 atom stereocenters. The van der Waals surface area contributed by atoms with Gasteiger partial charge in [-0.1, -0.05) is 5.16 Å². The lowest BCUT2D eigenvalue weighted by Crippen LogP contribution is -2.20. The number of nitrogens with two attached hydrogens (primary N) is 1. The highest BCUT2D eigenvalue weighted by Crippen LogP contribution is 2.28. The van der Waals surface area contributed by atoms with Gasteiger partial charge in [-0.3, -0.25) is 14.3 Å². The van der Waals surface area contributed by atoms with E-state index in [4.69, 9.17) is 15.3 Å². The van der Waals surface area contributed by atoms with Crippen molar-refractivity contribution in [1.82, 2.24) is 19.5 Å². The molecule has 112 valence electrons. The molecule has 0 saturated carbocycles. The number of fused-ring (bicyclic) bond motifs is 1. The molecule has 1 aliphatic heterocycles. The highest BCUT2D eigenvalue weighted by Gasteiger charge is 2.34. The van der Waals surface area contributed by atoms with Crippen LogP contribution in [0.5, 0.6) is 0 Å². The van der Waals surface area contributed by atoms with Crippen molar-refractivity contribution in [1.29, 1.82) is 0 Å². The van der Waals surface area contributed by atoms with Gasteiger partial charge >= 0.3 is 0 Å². The van der Waals surface area contributed by atoms with Crippen molar-refractivity contribution in [3.63, 3.8) is 0 Å². The van der Waals surface area contributed by atoms with Gasteiger partial charge in [0, 0.05) is 6.42 Å². The van der Waals surface area contributed by atoms with E-state index in [-0.39, 0.29) is 18.1 Å². The summed E-state index contributed by atoms with van der Waals surface area (Å²) in [6.45, 7) is -0.221. The molecule has 0 aliphatic carbocycles. The van der Waals surface area contributed by atoms with Crippen molar-refractivity contribution < 1.29 is 14.7 Å². The number of anilines is 1. The van der Waals surface area contributed by atoms with E-state index >= 15 is 0 Å². The van der Waals surface area contributed by atoms with Gasteiger partial charge in [-0.25, -0.2) is 4.98 Å². The van der Waals surface area contributed by atoms with Gasteiger partial charge in [0.25, 0.3) is 5.56 Å². The van der Waals surface area contributed by atoms with Gasteiger partial charge < -0.3 is 20.4 Å². The number of aromatic amines is 1. The van der Waals surface area contributed by atoms with Crippen LogP contribution in [0.25, 0.3) is 11.2 Å². The summed E-state index contributed by atoms with van der Waals surface area (Å²) in [5.41, 5.74) is 6.19. The molecule has 1 saturated heterocycles. The lowest BCUT2D eigenvalue weighted by Gasteiger charge is -2.12. The summed E-state index contributed by atoms with van der Waals surface area (Å²) >= 11 is 0. The Labute approximate surface area is 118 Å². The first-order chi connectivity index (χ1) is 10.1. The Bertz CT molecular complexity index is 751. The number of nitrogens with zero attached hydrogens (tertiary/aromatic N) is 4. The fourth-order valence-electron chi connectivity index (χ4n) is 2.31. The van der Waals surface area contributed by atoms with E-state index < -0.39 is 17.9 Å². The fourth-order valence-corrected chi connectivity index (χ4v) is 2.31. The molecule has 4 N–H and O–H groups in total. The second kappa shape index (κ2) is 5.14. The first-order valence-corrected chi connectivity index (χ1v) is 6.22. The standard InChI is InChI=1S/C11H14N6O4/c1-20-16-5-2-7(21-6(5)3-18)17-4-13-8-9(17)14-11(12)15-10(8)19/h4,6-7,18H,2-3H2,1H3,(H3,12,14,15,19)/b16-5+/t6-,7-/m1/s1. The summed E-state index contributed by atoms with van der Waals surface area (Å²) < 4.78 is 7.26. The maximum absolute atomic E-state index is 11.7. The van der Waals surface area contributed by atoms with Crippen molar-refractivity contribution >= 4 is 22.8 Å². The zero-order valence-electron chi connectivity index (χ0n) is 11.2. The van der Waals surface area contributed by atoms with E-state index in [1.54, 1.807) is 4.57 Å². The summed E-state index contributed by atoms with van der Waals surface area (Å²) in [6, 6.07) is 0. The van der Waals surface area contributed by atoms with Gasteiger partial charge in [0.2, 0.25) is 5.95 Å². The second-order valence-electron chi connectivity index (χ2n) is 4.51. The van der Waals surface area contributed by atoms with Crippen LogP contribution in [0.2, 0.25) is 0 Å². The van der Waals surface area contributed by atoms with Gasteiger partial charge in [0.15, 0.2) is 11.2 Å². The van der Waals surface area contributed by atoms with Crippen LogP contribution in [0.3, 0.4) is 0 Å². The zero-order valence-corrected chi connectivity index (χ0v) is 11.2.